The van der Waals surface area contributed by atoms with Crippen molar-refractivity contribution in [3.05, 3.63) is 51.6 Å². The third kappa shape index (κ3) is 2.76. The first kappa shape index (κ1) is 13.9. The van der Waals surface area contributed by atoms with Gasteiger partial charge in [-0.15, -0.1) is 0 Å². The number of hydrogen-bond acceptors (Lipinski definition) is 4. The van der Waals surface area contributed by atoms with Crippen LogP contribution in [0.3, 0.4) is 0 Å². The SMILES string of the molecule is COc1cccc(Cl)c1C(O)c1cc(Cl)cnc1N. The van der Waals surface area contributed by atoms with Gasteiger partial charge in [0.15, 0.2) is 0 Å². The van der Waals surface area contributed by atoms with Gasteiger partial charge in [0.05, 0.1) is 17.2 Å². The first-order chi connectivity index (χ1) is 9.04. The molecule has 0 bridgehead atoms. The maximum atomic E-state index is 10.4. The highest BCUT2D eigenvalue weighted by Crippen LogP contribution is 2.37. The molecule has 1 atom stereocenters. The predicted molar refractivity (Wildman–Crippen MR) is 75.7 cm³/mol. The average Bonchev–Trinajstić information content (AvgIpc) is 2.40. The van der Waals surface area contributed by atoms with Crippen LogP contribution in [0.5, 0.6) is 5.75 Å². The third-order valence-corrected chi connectivity index (χ3v) is 3.25. The lowest BCUT2D eigenvalue weighted by Crippen LogP contribution is -2.07. The number of rotatable bonds is 3. The fourth-order valence-corrected chi connectivity index (χ4v) is 2.24. The van der Waals surface area contributed by atoms with Gasteiger partial charge in [0, 0.05) is 17.3 Å². The summed E-state index contributed by atoms with van der Waals surface area (Å²) in [5.74, 6) is 0.665. The molecule has 19 heavy (non-hydrogen) atoms. The number of aliphatic hydroxyl groups excluding tert-OH is 1. The second-order valence-corrected chi connectivity index (χ2v) is 4.73. The first-order valence-corrected chi connectivity index (χ1v) is 6.21. The van der Waals surface area contributed by atoms with E-state index in [1.165, 1.54) is 13.3 Å². The fourth-order valence-electron chi connectivity index (χ4n) is 1.80. The summed E-state index contributed by atoms with van der Waals surface area (Å²) in [7, 11) is 1.50. The lowest BCUT2D eigenvalue weighted by molar-refractivity contribution is 0.215. The van der Waals surface area contributed by atoms with Crippen molar-refractivity contribution < 1.29 is 9.84 Å². The molecular formula is C13H12Cl2N2O2. The van der Waals surface area contributed by atoms with Crippen LogP contribution in [-0.4, -0.2) is 17.2 Å². The van der Waals surface area contributed by atoms with Crippen LogP contribution < -0.4 is 10.5 Å². The van der Waals surface area contributed by atoms with Gasteiger partial charge in [0.25, 0.3) is 0 Å². The smallest absolute Gasteiger partial charge is 0.129 e. The van der Waals surface area contributed by atoms with E-state index in [0.717, 1.165) is 0 Å². The van der Waals surface area contributed by atoms with E-state index in [1.54, 1.807) is 24.3 Å². The maximum absolute atomic E-state index is 10.4. The van der Waals surface area contributed by atoms with Gasteiger partial charge in [0.1, 0.15) is 17.7 Å². The second-order valence-electron chi connectivity index (χ2n) is 3.89. The Balaban J connectivity index is 2.55. The largest absolute Gasteiger partial charge is 0.496 e. The molecule has 100 valence electrons. The van der Waals surface area contributed by atoms with E-state index < -0.39 is 6.10 Å². The van der Waals surface area contributed by atoms with Crippen LogP contribution in [0.2, 0.25) is 10.0 Å². The molecular weight excluding hydrogens is 287 g/mol. The summed E-state index contributed by atoms with van der Waals surface area (Å²) in [4.78, 5) is 3.91. The number of ether oxygens (including phenoxy) is 1. The Morgan fingerprint density at radius 3 is 2.79 bits per heavy atom. The van der Waals surface area contributed by atoms with Crippen LogP contribution in [0, 0.1) is 0 Å². The molecule has 0 amide bonds. The normalized spacial score (nSPS) is 12.2. The number of methoxy groups -OCH3 is 1. The molecule has 0 radical (unpaired) electrons. The number of pyridine rings is 1. The van der Waals surface area contributed by atoms with Crippen LogP contribution in [0.1, 0.15) is 17.2 Å². The molecule has 0 spiro atoms. The number of aliphatic hydroxyl groups is 1. The summed E-state index contributed by atoms with van der Waals surface area (Å²) in [6, 6.07) is 6.66. The average molecular weight is 299 g/mol. The molecule has 0 aliphatic heterocycles. The van der Waals surface area contributed by atoms with Crippen molar-refractivity contribution in [3.8, 4) is 5.75 Å². The molecule has 0 fully saturated rings. The highest BCUT2D eigenvalue weighted by molar-refractivity contribution is 6.31. The summed E-state index contributed by atoms with van der Waals surface area (Å²) in [5, 5.41) is 11.2. The molecule has 0 saturated carbocycles. The molecule has 2 rings (SSSR count). The number of aromatic nitrogens is 1. The van der Waals surface area contributed by atoms with Crippen LogP contribution in [0.25, 0.3) is 0 Å². The molecule has 4 nitrogen and oxygen atoms in total. The summed E-state index contributed by atoms with van der Waals surface area (Å²) in [6.45, 7) is 0. The first-order valence-electron chi connectivity index (χ1n) is 5.46. The number of anilines is 1. The van der Waals surface area contributed by atoms with Gasteiger partial charge in [-0.2, -0.15) is 0 Å². The minimum Gasteiger partial charge on any atom is -0.496 e. The second kappa shape index (κ2) is 5.65. The van der Waals surface area contributed by atoms with Crippen LogP contribution in [0.15, 0.2) is 30.5 Å². The number of nitrogens with two attached hydrogens (primary N) is 1. The maximum Gasteiger partial charge on any atom is 0.129 e. The van der Waals surface area contributed by atoms with Crippen molar-refractivity contribution in [2.45, 2.75) is 6.10 Å². The Morgan fingerprint density at radius 1 is 1.37 bits per heavy atom. The van der Waals surface area contributed by atoms with Crippen molar-refractivity contribution in [1.29, 1.82) is 0 Å². The van der Waals surface area contributed by atoms with E-state index in [-0.39, 0.29) is 5.82 Å². The van der Waals surface area contributed by atoms with Crippen LogP contribution in [-0.2, 0) is 0 Å². The van der Waals surface area contributed by atoms with E-state index in [9.17, 15) is 5.11 Å². The number of benzene rings is 1. The molecule has 1 unspecified atom stereocenters. The van der Waals surface area contributed by atoms with Gasteiger partial charge in [-0.25, -0.2) is 4.98 Å². The Bertz CT molecular complexity index is 605. The minimum absolute atomic E-state index is 0.193. The van der Waals surface area contributed by atoms with E-state index in [1.807, 2.05) is 0 Å². The Hall–Kier alpha value is -1.49. The minimum atomic E-state index is -1.06. The van der Waals surface area contributed by atoms with E-state index in [2.05, 4.69) is 4.98 Å². The zero-order valence-electron chi connectivity index (χ0n) is 10.1. The standard InChI is InChI=1S/C13H12Cl2N2O2/c1-19-10-4-2-3-9(15)11(10)12(18)8-5-7(14)6-17-13(8)16/h2-6,12,18H,1H3,(H2,16,17). The van der Waals surface area contributed by atoms with Gasteiger partial charge in [0.2, 0.25) is 0 Å². The quantitative estimate of drug-likeness (QED) is 0.914. The molecule has 2 aromatic rings. The van der Waals surface area contributed by atoms with Gasteiger partial charge in [-0.05, 0) is 18.2 Å². The van der Waals surface area contributed by atoms with Gasteiger partial charge in [-0.3, -0.25) is 0 Å². The van der Waals surface area contributed by atoms with E-state index >= 15 is 0 Å². The highest BCUT2D eigenvalue weighted by Gasteiger charge is 2.21. The number of nitrogens with zero attached hydrogens (tertiary/aromatic N) is 1. The van der Waals surface area contributed by atoms with Crippen molar-refractivity contribution in [1.82, 2.24) is 4.98 Å². The Kier molecular flexibility index (Phi) is 4.14. The summed E-state index contributed by atoms with van der Waals surface area (Å²) < 4.78 is 5.20. The number of hydrogen-bond donors (Lipinski definition) is 2. The van der Waals surface area contributed by atoms with Gasteiger partial charge < -0.3 is 15.6 Å². The van der Waals surface area contributed by atoms with Crippen molar-refractivity contribution in [3.63, 3.8) is 0 Å². The molecule has 1 aromatic carbocycles. The summed E-state index contributed by atoms with van der Waals surface area (Å²) in [6.07, 6.45) is 0.353. The molecule has 0 aliphatic carbocycles. The number of halogens is 2. The zero-order chi connectivity index (χ0) is 14.0. The van der Waals surface area contributed by atoms with Crippen molar-refractivity contribution >= 4 is 29.0 Å². The predicted octanol–water partition coefficient (Wildman–Crippen LogP) is 3.06. The molecule has 1 aromatic heterocycles. The van der Waals surface area contributed by atoms with Crippen LogP contribution in [0.4, 0.5) is 5.82 Å². The van der Waals surface area contributed by atoms with Crippen LogP contribution >= 0.6 is 23.2 Å². The Morgan fingerprint density at radius 2 is 2.11 bits per heavy atom. The van der Waals surface area contributed by atoms with Gasteiger partial charge >= 0.3 is 0 Å². The third-order valence-electron chi connectivity index (χ3n) is 2.72. The van der Waals surface area contributed by atoms with E-state index in [4.69, 9.17) is 33.7 Å². The monoisotopic (exact) mass is 298 g/mol. The number of nitrogen functional groups attached to an aromatic ring is 1. The van der Waals surface area contributed by atoms with Crippen molar-refractivity contribution in [2.24, 2.45) is 0 Å². The van der Waals surface area contributed by atoms with E-state index in [0.29, 0.717) is 26.9 Å². The lowest BCUT2D eigenvalue weighted by Gasteiger charge is -2.17. The summed E-state index contributed by atoms with van der Waals surface area (Å²) >= 11 is 12.0. The zero-order valence-corrected chi connectivity index (χ0v) is 11.6. The Labute approximate surface area is 120 Å². The molecule has 1 heterocycles. The molecule has 0 aliphatic rings. The van der Waals surface area contributed by atoms with Crippen molar-refractivity contribution in [2.75, 3.05) is 12.8 Å². The molecule has 6 heteroatoms. The van der Waals surface area contributed by atoms with Gasteiger partial charge in [-0.1, -0.05) is 29.3 Å². The molecule has 3 N–H and O–H groups in total. The highest BCUT2D eigenvalue weighted by atomic mass is 35.5. The molecule has 0 saturated heterocycles. The summed E-state index contributed by atoms with van der Waals surface area (Å²) in [5.41, 5.74) is 6.58. The fraction of sp³-hybridized carbons (Fsp3) is 0.154. The topological polar surface area (TPSA) is 68.4 Å². The lowest BCUT2D eigenvalue weighted by atomic mass is 10.0.